The van der Waals surface area contributed by atoms with Gasteiger partial charge in [-0.15, -0.1) is 0 Å². The maximum atomic E-state index is 12.4. The van der Waals surface area contributed by atoms with Crippen LogP contribution in [-0.2, 0) is 6.18 Å². The average Bonchev–Trinajstić information content (AvgIpc) is 2.57. The third-order valence-electron chi connectivity index (χ3n) is 2.02. The van der Waals surface area contributed by atoms with Gasteiger partial charge in [-0.1, -0.05) is 0 Å². The molecule has 0 aliphatic carbocycles. The third-order valence-corrected chi connectivity index (χ3v) is 2.02. The van der Waals surface area contributed by atoms with Crippen LogP contribution in [0.3, 0.4) is 0 Å². The first-order valence-electron chi connectivity index (χ1n) is 4.04. The number of nitrogens with one attached hydrogen (secondary N) is 1. The second-order valence-corrected chi connectivity index (χ2v) is 2.96. The molecule has 0 atom stereocenters. The van der Waals surface area contributed by atoms with E-state index in [-0.39, 0.29) is 5.82 Å². The second kappa shape index (κ2) is 3.08. The number of halogens is 3. The molecule has 0 aliphatic rings. The maximum Gasteiger partial charge on any atom is 0.416 e. The molecule has 3 nitrogen and oxygen atoms in total. The van der Waals surface area contributed by atoms with Crippen molar-refractivity contribution in [3.05, 3.63) is 23.8 Å². The highest BCUT2D eigenvalue weighted by Gasteiger charge is 2.30. The fraction of sp³-hybridized carbons (Fsp3) is 0.111. The van der Waals surface area contributed by atoms with Gasteiger partial charge in [0.2, 0.25) is 0 Å². The fourth-order valence-corrected chi connectivity index (χ4v) is 1.30. The van der Waals surface area contributed by atoms with Crippen LogP contribution < -0.4 is 0 Å². The van der Waals surface area contributed by atoms with Gasteiger partial charge in [0.15, 0.2) is 5.82 Å². The van der Waals surface area contributed by atoms with Crippen molar-refractivity contribution in [1.29, 1.82) is 0 Å². The first-order valence-corrected chi connectivity index (χ1v) is 4.04. The van der Waals surface area contributed by atoms with E-state index in [1.54, 1.807) is 0 Å². The van der Waals surface area contributed by atoms with E-state index < -0.39 is 11.7 Å². The number of nitrogens with zero attached hydrogens (tertiary/aromatic N) is 2. The Bertz CT molecular complexity index is 513. The number of hydrogen-bond donors (Lipinski definition) is 1. The van der Waals surface area contributed by atoms with Crippen molar-refractivity contribution < 1.29 is 13.2 Å². The standard InChI is InChI=1S/C9H6F3N3/c1-13-8-6-4-5(9(10,11)12)2-3-7(6)14-15-8/h2-4H,1H2,(H,14,15). The number of fused-ring (bicyclic) bond motifs is 1. The summed E-state index contributed by atoms with van der Waals surface area (Å²) in [5.74, 6) is 0.177. The lowest BCUT2D eigenvalue weighted by molar-refractivity contribution is -0.137. The number of rotatable bonds is 1. The monoisotopic (exact) mass is 213 g/mol. The van der Waals surface area contributed by atoms with Gasteiger partial charge in [0.25, 0.3) is 0 Å². The molecule has 0 spiro atoms. The molecule has 0 fully saturated rings. The van der Waals surface area contributed by atoms with E-state index >= 15 is 0 Å². The van der Waals surface area contributed by atoms with Crippen molar-refractivity contribution in [3.63, 3.8) is 0 Å². The Morgan fingerprint density at radius 2 is 2.07 bits per heavy atom. The molecule has 1 heterocycles. The Morgan fingerprint density at radius 3 is 2.67 bits per heavy atom. The lowest BCUT2D eigenvalue weighted by Gasteiger charge is -2.05. The van der Waals surface area contributed by atoms with Crippen molar-refractivity contribution in [2.45, 2.75) is 6.18 Å². The number of alkyl halides is 3. The number of hydrogen-bond acceptors (Lipinski definition) is 2. The van der Waals surface area contributed by atoms with Gasteiger partial charge in [-0.25, -0.2) is 4.99 Å². The quantitative estimate of drug-likeness (QED) is 0.727. The van der Waals surface area contributed by atoms with Crippen LogP contribution in [0.4, 0.5) is 19.0 Å². The molecule has 2 aromatic rings. The Balaban J connectivity index is 2.68. The van der Waals surface area contributed by atoms with Crippen LogP contribution in [0.2, 0.25) is 0 Å². The van der Waals surface area contributed by atoms with Gasteiger partial charge in [0.1, 0.15) is 0 Å². The van der Waals surface area contributed by atoms with E-state index in [1.165, 1.54) is 6.07 Å². The number of aromatic amines is 1. The summed E-state index contributed by atoms with van der Waals surface area (Å²) in [4.78, 5) is 3.52. The summed E-state index contributed by atoms with van der Waals surface area (Å²) in [6.07, 6.45) is -4.36. The molecule has 1 aromatic heterocycles. The lowest BCUT2D eigenvalue weighted by Crippen LogP contribution is -2.03. The normalized spacial score (nSPS) is 11.9. The van der Waals surface area contributed by atoms with E-state index in [4.69, 9.17) is 0 Å². The van der Waals surface area contributed by atoms with Gasteiger partial charge in [0, 0.05) is 5.39 Å². The molecule has 0 saturated heterocycles. The van der Waals surface area contributed by atoms with Crippen molar-refractivity contribution in [2.75, 3.05) is 0 Å². The van der Waals surface area contributed by atoms with Crippen molar-refractivity contribution >= 4 is 23.4 Å². The zero-order valence-electron chi connectivity index (χ0n) is 7.47. The summed E-state index contributed by atoms with van der Waals surface area (Å²) in [6, 6.07) is 3.32. The Morgan fingerprint density at radius 1 is 1.33 bits per heavy atom. The minimum Gasteiger partial charge on any atom is -0.276 e. The number of benzene rings is 1. The molecule has 0 aliphatic heterocycles. The molecule has 0 bridgehead atoms. The highest BCUT2D eigenvalue weighted by molar-refractivity contribution is 5.89. The molecule has 0 saturated carbocycles. The van der Waals surface area contributed by atoms with Crippen LogP contribution in [0.5, 0.6) is 0 Å². The number of H-pyrrole nitrogens is 1. The van der Waals surface area contributed by atoms with Crippen LogP contribution in [0.25, 0.3) is 10.9 Å². The summed E-state index contributed by atoms with van der Waals surface area (Å²) in [5.41, 5.74) is -0.216. The molecule has 2 rings (SSSR count). The van der Waals surface area contributed by atoms with E-state index in [0.29, 0.717) is 10.9 Å². The SMILES string of the molecule is C=Nc1n[nH]c2ccc(C(F)(F)F)cc12. The van der Waals surface area contributed by atoms with Gasteiger partial charge in [-0.05, 0) is 24.9 Å². The molecular formula is C9H6F3N3. The van der Waals surface area contributed by atoms with Crippen LogP contribution in [-0.4, -0.2) is 16.9 Å². The smallest absolute Gasteiger partial charge is 0.276 e. The van der Waals surface area contributed by atoms with Crippen molar-refractivity contribution in [2.24, 2.45) is 4.99 Å². The minimum absolute atomic E-state index is 0.177. The molecule has 0 radical (unpaired) electrons. The molecule has 0 unspecified atom stereocenters. The summed E-state index contributed by atoms with van der Waals surface area (Å²) >= 11 is 0. The average molecular weight is 213 g/mol. The Kier molecular flexibility index (Phi) is 1.99. The number of aromatic nitrogens is 2. The fourth-order valence-electron chi connectivity index (χ4n) is 1.30. The van der Waals surface area contributed by atoms with Gasteiger partial charge >= 0.3 is 6.18 Å². The van der Waals surface area contributed by atoms with Gasteiger partial charge in [-0.2, -0.15) is 18.3 Å². The largest absolute Gasteiger partial charge is 0.416 e. The summed E-state index contributed by atoms with van der Waals surface area (Å²) < 4.78 is 37.1. The van der Waals surface area contributed by atoms with Gasteiger partial charge in [-0.3, -0.25) is 5.10 Å². The summed E-state index contributed by atoms with van der Waals surface area (Å²) in [5, 5.41) is 6.60. The predicted molar refractivity (Wildman–Crippen MR) is 50.3 cm³/mol. The molecular weight excluding hydrogens is 207 g/mol. The zero-order valence-corrected chi connectivity index (χ0v) is 7.47. The van der Waals surface area contributed by atoms with Crippen LogP contribution >= 0.6 is 0 Å². The van der Waals surface area contributed by atoms with Crippen LogP contribution in [0.1, 0.15) is 5.56 Å². The van der Waals surface area contributed by atoms with E-state index in [0.717, 1.165) is 12.1 Å². The molecule has 1 aromatic carbocycles. The summed E-state index contributed by atoms with van der Waals surface area (Å²) in [6.45, 7) is 3.23. The van der Waals surface area contributed by atoms with Crippen LogP contribution in [0.15, 0.2) is 23.2 Å². The molecule has 0 amide bonds. The second-order valence-electron chi connectivity index (χ2n) is 2.96. The topological polar surface area (TPSA) is 41.0 Å². The van der Waals surface area contributed by atoms with E-state index in [1.807, 2.05) is 0 Å². The van der Waals surface area contributed by atoms with Crippen molar-refractivity contribution in [1.82, 2.24) is 10.2 Å². The third kappa shape index (κ3) is 1.58. The minimum atomic E-state index is -4.36. The van der Waals surface area contributed by atoms with Gasteiger partial charge < -0.3 is 0 Å². The first-order chi connectivity index (χ1) is 7.02. The first kappa shape index (κ1) is 9.70. The number of aliphatic imine (C=N–C) groups is 1. The van der Waals surface area contributed by atoms with Gasteiger partial charge in [0.05, 0.1) is 11.1 Å². The Hall–Kier alpha value is -1.85. The van der Waals surface area contributed by atoms with E-state index in [2.05, 4.69) is 21.9 Å². The van der Waals surface area contributed by atoms with Crippen LogP contribution in [0, 0.1) is 0 Å². The molecule has 15 heavy (non-hydrogen) atoms. The molecule has 1 N–H and O–H groups in total. The highest BCUT2D eigenvalue weighted by Crippen LogP contribution is 2.33. The van der Waals surface area contributed by atoms with Crippen molar-refractivity contribution in [3.8, 4) is 0 Å². The summed E-state index contributed by atoms with van der Waals surface area (Å²) in [7, 11) is 0. The molecule has 6 heteroatoms. The Labute approximate surface area is 82.6 Å². The molecule has 78 valence electrons. The van der Waals surface area contributed by atoms with E-state index in [9.17, 15) is 13.2 Å². The maximum absolute atomic E-state index is 12.4. The highest BCUT2D eigenvalue weighted by atomic mass is 19.4. The zero-order chi connectivity index (χ0) is 11.1. The predicted octanol–water partition coefficient (Wildman–Crippen LogP) is 2.91. The lowest BCUT2D eigenvalue weighted by atomic mass is 10.1.